The quantitative estimate of drug-likeness (QED) is 0.851. The smallest absolute Gasteiger partial charge is 0.338 e. The molecular formula is C18H18F2N4O2. The number of fused-ring (bicyclic) bond motifs is 1. The first-order valence-electron chi connectivity index (χ1n) is 8.57. The molecule has 0 amide bonds. The number of hydrogen-bond acceptors (Lipinski definition) is 5. The lowest BCUT2D eigenvalue weighted by Crippen LogP contribution is -2.31. The van der Waals surface area contributed by atoms with E-state index in [1.165, 1.54) is 23.1 Å². The summed E-state index contributed by atoms with van der Waals surface area (Å²) in [6, 6.07) is 2.37. The Balaban J connectivity index is 1.77. The number of benzene rings is 1. The molecule has 0 spiro atoms. The summed E-state index contributed by atoms with van der Waals surface area (Å²) in [6.07, 6.45) is 4.92. The molecule has 1 aliphatic carbocycles. The van der Waals surface area contributed by atoms with Gasteiger partial charge in [-0.1, -0.05) is 0 Å². The minimum Gasteiger partial charge on any atom is -0.459 e. The van der Waals surface area contributed by atoms with Crippen LogP contribution in [0.3, 0.4) is 0 Å². The largest absolute Gasteiger partial charge is 0.459 e. The van der Waals surface area contributed by atoms with Crippen molar-refractivity contribution >= 4 is 11.9 Å². The van der Waals surface area contributed by atoms with Crippen molar-refractivity contribution in [2.24, 2.45) is 0 Å². The Bertz CT molecular complexity index is 867. The molecule has 26 heavy (non-hydrogen) atoms. The Morgan fingerprint density at radius 3 is 2.62 bits per heavy atom. The topological polar surface area (TPSA) is 69.0 Å². The van der Waals surface area contributed by atoms with Gasteiger partial charge in [-0.15, -0.1) is 0 Å². The minimum atomic E-state index is -0.812. The van der Waals surface area contributed by atoms with E-state index >= 15 is 0 Å². The molecule has 0 bridgehead atoms. The fourth-order valence-electron chi connectivity index (χ4n) is 3.62. The highest BCUT2D eigenvalue weighted by Gasteiger charge is 2.36. The van der Waals surface area contributed by atoms with Gasteiger partial charge in [-0.3, -0.25) is 0 Å². The Morgan fingerprint density at radius 2 is 1.92 bits per heavy atom. The first-order valence-corrected chi connectivity index (χ1v) is 8.57. The lowest BCUT2D eigenvalue weighted by atomic mass is 9.95. The number of rotatable bonds is 3. The second-order valence-corrected chi connectivity index (χ2v) is 6.61. The molecule has 1 aliphatic heterocycles. The Morgan fingerprint density at radius 1 is 1.23 bits per heavy atom. The number of hydrogen-bond donors (Lipinski definition) is 1. The van der Waals surface area contributed by atoms with Crippen molar-refractivity contribution in [3.63, 3.8) is 0 Å². The molecule has 2 aromatic rings. The summed E-state index contributed by atoms with van der Waals surface area (Å²) in [7, 11) is 0. The van der Waals surface area contributed by atoms with Gasteiger partial charge in [0.1, 0.15) is 30.1 Å². The number of carbonyl (C=O) groups is 1. The Kier molecular flexibility index (Phi) is 4.18. The lowest BCUT2D eigenvalue weighted by molar-refractivity contribution is -0.144. The molecule has 2 aliphatic rings. The highest BCUT2D eigenvalue weighted by Crippen LogP contribution is 2.36. The summed E-state index contributed by atoms with van der Waals surface area (Å²) in [5.41, 5.74) is 1.08. The predicted molar refractivity (Wildman–Crippen MR) is 89.2 cm³/mol. The Labute approximate surface area is 148 Å². The third-order valence-electron chi connectivity index (χ3n) is 4.79. The number of allylic oxidation sites excluding steroid dienone is 1. The van der Waals surface area contributed by atoms with Gasteiger partial charge in [-0.2, -0.15) is 10.1 Å². The van der Waals surface area contributed by atoms with Crippen LogP contribution in [0.25, 0.3) is 0 Å². The molecule has 1 saturated carbocycles. The van der Waals surface area contributed by atoms with E-state index in [9.17, 15) is 13.6 Å². The standard InChI is InChI=1S/C18H18F2N4O2/c1-10-15(17(25)26-14-4-2-3-5-14)16(24-18(23-10)21-9-22-24)11-6-12(19)8-13(20)7-11/h6-9,14,16H,2-5H2,1H3,(H,21,22,23)/t16-/m1/s1. The monoisotopic (exact) mass is 360 g/mol. The van der Waals surface area contributed by atoms with Gasteiger partial charge in [0.05, 0.1) is 5.57 Å². The van der Waals surface area contributed by atoms with Crippen LogP contribution in [0.5, 0.6) is 0 Å². The minimum absolute atomic E-state index is 0.121. The lowest BCUT2D eigenvalue weighted by Gasteiger charge is -2.29. The maximum absolute atomic E-state index is 13.8. The zero-order valence-corrected chi connectivity index (χ0v) is 14.2. The first kappa shape index (κ1) is 16.7. The maximum Gasteiger partial charge on any atom is 0.338 e. The van der Waals surface area contributed by atoms with E-state index in [-0.39, 0.29) is 17.2 Å². The van der Waals surface area contributed by atoms with Crippen LogP contribution < -0.4 is 5.32 Å². The number of aromatic nitrogens is 3. The molecule has 0 radical (unpaired) electrons. The van der Waals surface area contributed by atoms with Crippen LogP contribution in [0.1, 0.15) is 44.2 Å². The number of anilines is 1. The van der Waals surface area contributed by atoms with Crippen molar-refractivity contribution in [2.75, 3.05) is 5.32 Å². The summed E-state index contributed by atoms with van der Waals surface area (Å²) in [6.45, 7) is 1.71. The van der Waals surface area contributed by atoms with Gasteiger partial charge in [-0.05, 0) is 50.3 Å². The van der Waals surface area contributed by atoms with Crippen LogP contribution >= 0.6 is 0 Å². The molecule has 1 atom stereocenters. The van der Waals surface area contributed by atoms with Gasteiger partial charge >= 0.3 is 5.97 Å². The molecule has 1 aromatic heterocycles. The van der Waals surface area contributed by atoms with Crippen molar-refractivity contribution in [3.05, 3.63) is 53.0 Å². The normalized spacial score (nSPS) is 20.0. The number of nitrogens with one attached hydrogen (secondary N) is 1. The predicted octanol–water partition coefficient (Wildman–Crippen LogP) is 3.33. The van der Waals surface area contributed by atoms with Gasteiger partial charge in [0.15, 0.2) is 0 Å². The molecule has 2 heterocycles. The fraction of sp³-hybridized carbons (Fsp3) is 0.389. The summed E-state index contributed by atoms with van der Waals surface area (Å²) in [5, 5.41) is 7.13. The van der Waals surface area contributed by atoms with Crippen LogP contribution in [0.4, 0.5) is 14.7 Å². The molecule has 8 heteroatoms. The number of carbonyl (C=O) groups excluding carboxylic acids is 1. The van der Waals surface area contributed by atoms with Crippen LogP contribution in [0.15, 0.2) is 35.8 Å². The van der Waals surface area contributed by atoms with E-state index in [4.69, 9.17) is 4.74 Å². The molecule has 1 fully saturated rings. The van der Waals surface area contributed by atoms with E-state index in [2.05, 4.69) is 15.4 Å². The number of ether oxygens (including phenoxy) is 1. The van der Waals surface area contributed by atoms with Gasteiger partial charge in [0.2, 0.25) is 5.95 Å². The van der Waals surface area contributed by atoms with E-state index in [0.717, 1.165) is 31.7 Å². The van der Waals surface area contributed by atoms with Gasteiger partial charge in [-0.25, -0.2) is 18.3 Å². The molecule has 1 N–H and O–H groups in total. The SMILES string of the molecule is CC1=C(C(=O)OC2CCCC2)[C@@H](c2cc(F)cc(F)c2)n2ncnc2N1. The van der Waals surface area contributed by atoms with Crippen LogP contribution in [-0.4, -0.2) is 26.8 Å². The van der Waals surface area contributed by atoms with Crippen LogP contribution in [0.2, 0.25) is 0 Å². The van der Waals surface area contributed by atoms with E-state index < -0.39 is 23.6 Å². The molecule has 0 unspecified atom stereocenters. The van der Waals surface area contributed by atoms with Gasteiger partial charge < -0.3 is 10.1 Å². The summed E-state index contributed by atoms with van der Waals surface area (Å²) in [5.74, 6) is -1.55. The van der Waals surface area contributed by atoms with E-state index in [0.29, 0.717) is 11.6 Å². The second kappa shape index (κ2) is 6.51. The molecular weight excluding hydrogens is 342 g/mol. The molecule has 1 aromatic carbocycles. The summed E-state index contributed by atoms with van der Waals surface area (Å²) < 4.78 is 34.7. The molecule has 136 valence electrons. The highest BCUT2D eigenvalue weighted by atomic mass is 19.1. The zero-order valence-electron chi connectivity index (χ0n) is 14.2. The summed E-state index contributed by atoms with van der Waals surface area (Å²) >= 11 is 0. The molecule has 6 nitrogen and oxygen atoms in total. The van der Waals surface area contributed by atoms with Crippen molar-refractivity contribution in [1.82, 2.24) is 14.8 Å². The highest BCUT2D eigenvalue weighted by molar-refractivity contribution is 5.92. The third kappa shape index (κ3) is 2.95. The average molecular weight is 360 g/mol. The van der Waals surface area contributed by atoms with Crippen LogP contribution in [-0.2, 0) is 9.53 Å². The van der Waals surface area contributed by atoms with Crippen molar-refractivity contribution < 1.29 is 18.3 Å². The molecule has 0 saturated heterocycles. The van der Waals surface area contributed by atoms with Gasteiger partial charge in [0, 0.05) is 11.8 Å². The summed E-state index contributed by atoms with van der Waals surface area (Å²) in [4.78, 5) is 17.0. The maximum atomic E-state index is 13.8. The van der Waals surface area contributed by atoms with Crippen LogP contribution in [0, 0.1) is 11.6 Å². The second-order valence-electron chi connectivity index (χ2n) is 6.61. The number of nitrogens with zero attached hydrogens (tertiary/aromatic N) is 3. The van der Waals surface area contributed by atoms with Crippen molar-refractivity contribution in [1.29, 1.82) is 0 Å². The Hall–Kier alpha value is -2.77. The number of halogens is 2. The van der Waals surface area contributed by atoms with E-state index in [1.54, 1.807) is 6.92 Å². The zero-order chi connectivity index (χ0) is 18.3. The van der Waals surface area contributed by atoms with Crippen molar-refractivity contribution in [3.8, 4) is 0 Å². The third-order valence-corrected chi connectivity index (χ3v) is 4.79. The van der Waals surface area contributed by atoms with Crippen molar-refractivity contribution in [2.45, 2.75) is 44.8 Å². The van der Waals surface area contributed by atoms with Gasteiger partial charge in [0.25, 0.3) is 0 Å². The molecule has 4 rings (SSSR count). The fourth-order valence-corrected chi connectivity index (χ4v) is 3.62. The van der Waals surface area contributed by atoms with E-state index in [1.807, 2.05) is 0 Å². The number of esters is 1. The first-order chi connectivity index (χ1) is 12.5. The average Bonchev–Trinajstić information content (AvgIpc) is 3.23.